The van der Waals surface area contributed by atoms with Crippen molar-refractivity contribution in [3.05, 3.63) is 42.9 Å². The summed E-state index contributed by atoms with van der Waals surface area (Å²) >= 11 is 0. The van der Waals surface area contributed by atoms with Gasteiger partial charge in [0.15, 0.2) is 5.65 Å². The first kappa shape index (κ1) is 16.0. The Morgan fingerprint density at radius 1 is 1.16 bits per heavy atom. The van der Waals surface area contributed by atoms with Crippen molar-refractivity contribution in [3.63, 3.8) is 0 Å². The molecule has 0 spiro atoms. The van der Waals surface area contributed by atoms with Gasteiger partial charge in [-0.1, -0.05) is 31.0 Å². The van der Waals surface area contributed by atoms with E-state index in [1.807, 2.05) is 41.2 Å². The Hall–Kier alpha value is -2.47. The van der Waals surface area contributed by atoms with E-state index in [0.29, 0.717) is 0 Å². The van der Waals surface area contributed by atoms with Crippen molar-refractivity contribution in [2.75, 3.05) is 25.5 Å². The average molecular weight is 336 g/mol. The van der Waals surface area contributed by atoms with Crippen molar-refractivity contribution in [3.8, 4) is 5.69 Å². The van der Waals surface area contributed by atoms with Crippen LogP contribution in [0.25, 0.3) is 16.7 Å². The highest BCUT2D eigenvalue weighted by Crippen LogP contribution is 2.23. The van der Waals surface area contributed by atoms with Gasteiger partial charge < -0.3 is 10.2 Å². The maximum atomic E-state index is 4.50. The zero-order valence-electron chi connectivity index (χ0n) is 14.6. The van der Waals surface area contributed by atoms with Gasteiger partial charge in [0.2, 0.25) is 0 Å². The summed E-state index contributed by atoms with van der Waals surface area (Å²) in [6.07, 6.45) is 8.84. The molecule has 1 aliphatic carbocycles. The van der Waals surface area contributed by atoms with Crippen molar-refractivity contribution < 1.29 is 0 Å². The molecule has 6 heteroatoms. The number of hydrogen-bond donors (Lipinski definition) is 1. The molecule has 4 rings (SSSR count). The summed E-state index contributed by atoms with van der Waals surface area (Å²) in [5, 5.41) is 8.91. The van der Waals surface area contributed by atoms with E-state index in [0.717, 1.165) is 41.7 Å². The van der Waals surface area contributed by atoms with Crippen molar-refractivity contribution in [1.82, 2.24) is 24.6 Å². The van der Waals surface area contributed by atoms with E-state index in [1.54, 1.807) is 6.33 Å². The smallest absolute Gasteiger partial charge is 0.168 e. The predicted molar refractivity (Wildman–Crippen MR) is 100 cm³/mol. The number of nitrogens with zero attached hydrogens (tertiary/aromatic N) is 5. The van der Waals surface area contributed by atoms with E-state index in [2.05, 4.69) is 32.3 Å². The molecule has 0 bridgehead atoms. The Bertz CT molecular complexity index is 822. The number of rotatable bonds is 6. The van der Waals surface area contributed by atoms with Crippen molar-refractivity contribution in [2.24, 2.45) is 0 Å². The molecule has 130 valence electrons. The van der Waals surface area contributed by atoms with Gasteiger partial charge in [-0.25, -0.2) is 14.6 Å². The number of nitrogens with one attached hydrogen (secondary N) is 1. The molecule has 1 fully saturated rings. The molecule has 0 radical (unpaired) electrons. The summed E-state index contributed by atoms with van der Waals surface area (Å²) in [5.74, 6) is 0.854. The third-order valence-electron chi connectivity index (χ3n) is 5.07. The molecule has 1 saturated carbocycles. The fourth-order valence-corrected chi connectivity index (χ4v) is 3.62. The number of anilines is 1. The molecule has 2 aromatic heterocycles. The molecular formula is C19H24N6. The first-order valence-electron chi connectivity index (χ1n) is 9.01. The minimum atomic E-state index is 0.744. The van der Waals surface area contributed by atoms with E-state index in [1.165, 1.54) is 25.7 Å². The van der Waals surface area contributed by atoms with Gasteiger partial charge in [0.25, 0.3) is 0 Å². The molecule has 3 aromatic rings. The van der Waals surface area contributed by atoms with E-state index < -0.39 is 0 Å². The van der Waals surface area contributed by atoms with Gasteiger partial charge in [-0.05, 0) is 32.0 Å². The molecular weight excluding hydrogens is 312 g/mol. The normalized spacial score (nSPS) is 15.3. The first-order chi connectivity index (χ1) is 12.3. The molecule has 0 atom stereocenters. The van der Waals surface area contributed by atoms with E-state index in [-0.39, 0.29) is 0 Å². The molecule has 0 saturated heterocycles. The first-order valence-corrected chi connectivity index (χ1v) is 9.01. The van der Waals surface area contributed by atoms with E-state index in [9.17, 15) is 0 Å². The highest BCUT2D eigenvalue weighted by atomic mass is 15.3. The summed E-state index contributed by atoms with van der Waals surface area (Å²) in [4.78, 5) is 11.3. The van der Waals surface area contributed by atoms with Crippen molar-refractivity contribution in [1.29, 1.82) is 0 Å². The molecule has 1 aromatic carbocycles. The molecule has 1 aliphatic rings. The van der Waals surface area contributed by atoms with Crippen LogP contribution in [0.2, 0.25) is 0 Å². The molecule has 0 aliphatic heterocycles. The summed E-state index contributed by atoms with van der Waals surface area (Å²) in [6, 6.07) is 10.8. The van der Waals surface area contributed by atoms with Crippen LogP contribution < -0.4 is 5.32 Å². The van der Waals surface area contributed by atoms with Crippen LogP contribution in [-0.2, 0) is 0 Å². The minimum absolute atomic E-state index is 0.744. The lowest BCUT2D eigenvalue weighted by molar-refractivity contribution is 0.254. The molecule has 25 heavy (non-hydrogen) atoms. The summed E-state index contributed by atoms with van der Waals surface area (Å²) in [6.45, 7) is 1.89. The van der Waals surface area contributed by atoms with Crippen molar-refractivity contribution >= 4 is 16.9 Å². The van der Waals surface area contributed by atoms with Crippen LogP contribution in [0.3, 0.4) is 0 Å². The quantitative estimate of drug-likeness (QED) is 0.749. The lowest BCUT2D eigenvalue weighted by Crippen LogP contribution is -2.33. The number of benzene rings is 1. The standard InChI is InChI=1S/C19H24N6/c1-24(15-7-5-6-8-15)12-11-20-18-17-13-23-25(19(17)22-14-21-18)16-9-3-2-4-10-16/h2-4,9-10,13-15H,5-8,11-12H2,1H3,(H,20,21,22). The Balaban J connectivity index is 1.48. The lowest BCUT2D eigenvalue weighted by Gasteiger charge is -2.24. The van der Waals surface area contributed by atoms with Crippen LogP contribution in [0.1, 0.15) is 25.7 Å². The third kappa shape index (κ3) is 3.35. The SMILES string of the molecule is CN(CCNc1ncnc2c1cnn2-c1ccccc1)C1CCCC1. The van der Waals surface area contributed by atoms with Gasteiger partial charge in [0, 0.05) is 19.1 Å². The predicted octanol–water partition coefficient (Wildman–Crippen LogP) is 3.10. The van der Waals surface area contributed by atoms with Crippen LogP contribution in [0, 0.1) is 0 Å². The van der Waals surface area contributed by atoms with Crippen molar-refractivity contribution in [2.45, 2.75) is 31.7 Å². The van der Waals surface area contributed by atoms with Gasteiger partial charge >= 0.3 is 0 Å². The van der Waals surface area contributed by atoms with Gasteiger partial charge in [0.1, 0.15) is 12.1 Å². The number of likely N-dealkylation sites (N-methyl/N-ethyl adjacent to an activating group) is 1. The van der Waals surface area contributed by atoms with Crippen LogP contribution in [-0.4, -0.2) is 50.8 Å². The summed E-state index contributed by atoms with van der Waals surface area (Å²) < 4.78 is 1.85. The second kappa shape index (κ2) is 7.19. The molecule has 6 nitrogen and oxygen atoms in total. The van der Waals surface area contributed by atoms with E-state index >= 15 is 0 Å². The minimum Gasteiger partial charge on any atom is -0.368 e. The van der Waals surface area contributed by atoms with Crippen LogP contribution in [0.15, 0.2) is 42.9 Å². The number of fused-ring (bicyclic) bond motifs is 1. The van der Waals surface area contributed by atoms with E-state index in [4.69, 9.17) is 0 Å². The second-order valence-electron chi connectivity index (χ2n) is 6.70. The zero-order chi connectivity index (χ0) is 17.1. The van der Waals surface area contributed by atoms with Gasteiger partial charge in [0.05, 0.1) is 17.3 Å². The zero-order valence-corrected chi connectivity index (χ0v) is 14.6. The summed E-state index contributed by atoms with van der Waals surface area (Å²) in [7, 11) is 2.22. The fourth-order valence-electron chi connectivity index (χ4n) is 3.62. The largest absolute Gasteiger partial charge is 0.368 e. The van der Waals surface area contributed by atoms with Crippen LogP contribution in [0.4, 0.5) is 5.82 Å². The number of para-hydroxylation sites is 1. The van der Waals surface area contributed by atoms with Crippen LogP contribution in [0.5, 0.6) is 0 Å². The summed E-state index contributed by atoms with van der Waals surface area (Å²) in [5.41, 5.74) is 1.83. The second-order valence-corrected chi connectivity index (χ2v) is 6.70. The molecule has 0 amide bonds. The van der Waals surface area contributed by atoms with Crippen LogP contribution >= 0.6 is 0 Å². The highest BCUT2D eigenvalue weighted by Gasteiger charge is 2.19. The maximum Gasteiger partial charge on any atom is 0.168 e. The Labute approximate surface area is 147 Å². The van der Waals surface area contributed by atoms with Gasteiger partial charge in [-0.3, -0.25) is 0 Å². The monoisotopic (exact) mass is 336 g/mol. The molecule has 2 heterocycles. The lowest BCUT2D eigenvalue weighted by atomic mass is 10.2. The topological polar surface area (TPSA) is 58.9 Å². The van der Waals surface area contributed by atoms with Gasteiger partial charge in [-0.2, -0.15) is 5.10 Å². The Morgan fingerprint density at radius 2 is 1.96 bits per heavy atom. The number of hydrogen-bond acceptors (Lipinski definition) is 5. The number of aromatic nitrogens is 4. The Kier molecular flexibility index (Phi) is 4.61. The highest BCUT2D eigenvalue weighted by molar-refractivity contribution is 5.87. The molecule has 0 unspecified atom stereocenters. The van der Waals surface area contributed by atoms with Gasteiger partial charge in [-0.15, -0.1) is 0 Å². The Morgan fingerprint density at radius 3 is 2.76 bits per heavy atom. The molecule has 1 N–H and O–H groups in total. The fraction of sp³-hybridized carbons (Fsp3) is 0.421. The average Bonchev–Trinajstić information content (AvgIpc) is 3.33. The third-order valence-corrected chi connectivity index (χ3v) is 5.07. The maximum absolute atomic E-state index is 4.50.